The summed E-state index contributed by atoms with van der Waals surface area (Å²) >= 11 is 1.31. The maximum atomic E-state index is 13.6. The van der Waals surface area contributed by atoms with E-state index in [2.05, 4.69) is 0 Å². The average molecular weight is 526 g/mol. The summed E-state index contributed by atoms with van der Waals surface area (Å²) in [6, 6.07) is 12.6. The highest BCUT2D eigenvalue weighted by Crippen LogP contribution is 2.34. The first-order chi connectivity index (χ1) is 18.0. The Morgan fingerprint density at radius 3 is 2.38 bits per heavy atom. The third-order valence-corrected chi connectivity index (χ3v) is 7.39. The molecule has 0 radical (unpaired) electrons. The second-order valence-electron chi connectivity index (χ2n) is 8.33. The van der Waals surface area contributed by atoms with Gasteiger partial charge in [0.15, 0.2) is 16.7 Å². The quantitative estimate of drug-likeness (QED) is 0.484. The zero-order valence-electron chi connectivity index (χ0n) is 21.4. The Hall–Kier alpha value is -3.50. The fourth-order valence-electron chi connectivity index (χ4n) is 4.06. The molecule has 1 saturated heterocycles. The normalized spacial score (nSPS) is 17.6. The first kappa shape index (κ1) is 26.6. The maximum Gasteiger partial charge on any atom is 0.283 e. The number of rotatable bonds is 8. The lowest BCUT2D eigenvalue weighted by Gasteiger charge is -2.30. The van der Waals surface area contributed by atoms with Gasteiger partial charge in [-0.05, 0) is 54.5 Å². The topological polar surface area (TPSA) is 89.9 Å². The van der Waals surface area contributed by atoms with Crippen molar-refractivity contribution >= 4 is 40.5 Å². The van der Waals surface area contributed by atoms with Gasteiger partial charge in [-0.1, -0.05) is 24.8 Å². The van der Waals surface area contributed by atoms with Gasteiger partial charge in [0.1, 0.15) is 11.4 Å². The number of amides is 2. The summed E-state index contributed by atoms with van der Waals surface area (Å²) in [5.74, 6) is 1.56. The van der Waals surface area contributed by atoms with E-state index in [0.717, 1.165) is 5.56 Å². The van der Waals surface area contributed by atoms with Gasteiger partial charge in [0.05, 0.1) is 45.5 Å². The molecule has 0 saturated carbocycles. The molecule has 10 heteroatoms. The van der Waals surface area contributed by atoms with Crippen LogP contribution in [0.5, 0.6) is 17.2 Å². The number of hydrogen-bond acceptors (Lipinski definition) is 8. The predicted molar refractivity (Wildman–Crippen MR) is 145 cm³/mol. The average Bonchev–Trinajstić information content (AvgIpc) is 3.25. The van der Waals surface area contributed by atoms with E-state index in [1.54, 1.807) is 68.7 Å². The van der Waals surface area contributed by atoms with Gasteiger partial charge in [0.25, 0.3) is 5.91 Å². The first-order valence-electron chi connectivity index (χ1n) is 12.0. The van der Waals surface area contributed by atoms with Crippen LogP contribution in [0.1, 0.15) is 18.9 Å². The molecule has 196 valence electrons. The lowest BCUT2D eigenvalue weighted by atomic mass is 10.1. The third kappa shape index (κ3) is 5.91. The Morgan fingerprint density at radius 1 is 1.05 bits per heavy atom. The molecular formula is C27H31N3O6S. The van der Waals surface area contributed by atoms with Crippen molar-refractivity contribution in [3.8, 4) is 17.2 Å². The summed E-state index contributed by atoms with van der Waals surface area (Å²) in [6.07, 6.45) is 2.30. The minimum Gasteiger partial charge on any atom is -0.497 e. The van der Waals surface area contributed by atoms with Gasteiger partial charge in [0.2, 0.25) is 5.91 Å². The molecule has 2 aliphatic heterocycles. The van der Waals surface area contributed by atoms with Crippen molar-refractivity contribution < 1.29 is 28.5 Å². The molecule has 37 heavy (non-hydrogen) atoms. The van der Waals surface area contributed by atoms with Gasteiger partial charge in [-0.25, -0.2) is 4.99 Å². The largest absolute Gasteiger partial charge is 0.497 e. The summed E-state index contributed by atoms with van der Waals surface area (Å²) in [6.45, 7) is 4.15. The number of amidine groups is 1. The molecule has 0 N–H and O–H groups in total. The zero-order valence-corrected chi connectivity index (χ0v) is 22.2. The predicted octanol–water partition coefficient (Wildman–Crippen LogP) is 3.83. The Bertz CT molecular complexity index is 1190. The highest BCUT2D eigenvalue weighted by atomic mass is 32.2. The molecule has 2 aromatic rings. The van der Waals surface area contributed by atoms with Gasteiger partial charge in [-0.2, -0.15) is 0 Å². The van der Waals surface area contributed by atoms with E-state index < -0.39 is 0 Å². The van der Waals surface area contributed by atoms with Crippen LogP contribution in [0.15, 0.2) is 53.2 Å². The fourth-order valence-corrected chi connectivity index (χ4v) is 5.17. The van der Waals surface area contributed by atoms with Crippen molar-refractivity contribution in [2.24, 2.45) is 4.99 Å². The molecule has 2 heterocycles. The fraction of sp³-hybridized carbons (Fsp3) is 0.370. The number of morpholine rings is 1. The van der Waals surface area contributed by atoms with E-state index >= 15 is 0 Å². The highest BCUT2D eigenvalue weighted by molar-refractivity contribution is 8.15. The van der Waals surface area contributed by atoms with Gasteiger partial charge in [-0.3, -0.25) is 14.5 Å². The molecule has 2 aromatic carbocycles. The molecule has 1 atom stereocenters. The molecular weight excluding hydrogens is 494 g/mol. The maximum absolute atomic E-state index is 13.6. The van der Waals surface area contributed by atoms with E-state index in [0.29, 0.717) is 60.8 Å². The van der Waals surface area contributed by atoms with E-state index in [9.17, 15) is 9.59 Å². The standard InChI is InChI=1S/C27H31N3O6S/c1-5-24(26(32)29-12-14-36-15-13-29)37-27-28-21(16-18-6-11-22(34-3)23(17-18)35-4)25(31)30(27)19-7-9-20(33-2)10-8-19/h6-11,16-17,24H,5,12-15H2,1-4H3/b21-16-. The van der Waals surface area contributed by atoms with Crippen LogP contribution in [-0.4, -0.2) is 74.8 Å². The molecule has 0 aliphatic carbocycles. The van der Waals surface area contributed by atoms with Gasteiger partial charge < -0.3 is 23.8 Å². The Labute approximate surface area is 221 Å². The summed E-state index contributed by atoms with van der Waals surface area (Å²) in [4.78, 5) is 35.0. The molecule has 0 aromatic heterocycles. The lowest BCUT2D eigenvalue weighted by Crippen LogP contribution is -2.45. The Balaban J connectivity index is 1.68. The number of carbonyl (C=O) groups is 2. The molecule has 9 nitrogen and oxygen atoms in total. The molecule has 0 spiro atoms. The summed E-state index contributed by atoms with van der Waals surface area (Å²) in [7, 11) is 4.72. The molecule has 1 unspecified atom stereocenters. The van der Waals surface area contributed by atoms with Gasteiger partial charge >= 0.3 is 0 Å². The second-order valence-corrected chi connectivity index (χ2v) is 9.50. The van der Waals surface area contributed by atoms with Crippen LogP contribution in [-0.2, 0) is 14.3 Å². The summed E-state index contributed by atoms with van der Waals surface area (Å²) in [5.41, 5.74) is 1.64. The van der Waals surface area contributed by atoms with Crippen molar-refractivity contribution in [3.05, 3.63) is 53.7 Å². The number of hydrogen-bond donors (Lipinski definition) is 0. The number of carbonyl (C=O) groups excluding carboxylic acids is 2. The summed E-state index contributed by atoms with van der Waals surface area (Å²) < 4.78 is 21.4. The van der Waals surface area contributed by atoms with E-state index in [4.69, 9.17) is 23.9 Å². The van der Waals surface area contributed by atoms with E-state index in [1.165, 1.54) is 11.8 Å². The number of methoxy groups -OCH3 is 3. The minimum absolute atomic E-state index is 0.0259. The van der Waals surface area contributed by atoms with Crippen LogP contribution >= 0.6 is 11.8 Å². The minimum atomic E-state index is -0.383. The van der Waals surface area contributed by atoms with Crippen molar-refractivity contribution in [2.75, 3.05) is 52.5 Å². The number of thioether (sulfide) groups is 1. The van der Waals surface area contributed by atoms with E-state index in [-0.39, 0.29) is 22.8 Å². The van der Waals surface area contributed by atoms with Gasteiger partial charge in [-0.15, -0.1) is 0 Å². The first-order valence-corrected chi connectivity index (χ1v) is 12.9. The van der Waals surface area contributed by atoms with E-state index in [1.807, 2.05) is 17.9 Å². The van der Waals surface area contributed by atoms with Crippen LogP contribution in [0.2, 0.25) is 0 Å². The van der Waals surface area contributed by atoms with Crippen LogP contribution in [0.25, 0.3) is 6.08 Å². The molecule has 4 rings (SSSR count). The van der Waals surface area contributed by atoms with Crippen LogP contribution in [0.3, 0.4) is 0 Å². The Kier molecular flexibility index (Phi) is 8.73. The number of anilines is 1. The lowest BCUT2D eigenvalue weighted by molar-refractivity contribution is -0.134. The molecule has 1 fully saturated rings. The van der Waals surface area contributed by atoms with Crippen molar-refractivity contribution in [1.29, 1.82) is 0 Å². The number of ether oxygens (including phenoxy) is 4. The SMILES string of the molecule is CCC(SC1=N/C(=C\c2ccc(OC)c(OC)c2)C(=O)N1c1ccc(OC)cc1)C(=O)N1CCOCC1. The van der Waals surface area contributed by atoms with Crippen molar-refractivity contribution in [2.45, 2.75) is 18.6 Å². The molecule has 2 aliphatic rings. The number of aliphatic imine (C=N–C) groups is 1. The van der Waals surface area contributed by atoms with Crippen molar-refractivity contribution in [3.63, 3.8) is 0 Å². The number of nitrogens with zero attached hydrogens (tertiary/aromatic N) is 3. The number of benzene rings is 2. The van der Waals surface area contributed by atoms with Crippen molar-refractivity contribution in [1.82, 2.24) is 4.90 Å². The zero-order chi connectivity index (χ0) is 26.4. The van der Waals surface area contributed by atoms with Gasteiger partial charge in [0, 0.05) is 13.1 Å². The third-order valence-electron chi connectivity index (χ3n) is 6.09. The second kappa shape index (κ2) is 12.2. The van der Waals surface area contributed by atoms with Crippen LogP contribution in [0.4, 0.5) is 5.69 Å². The molecule has 2 amide bonds. The van der Waals surface area contributed by atoms with Crippen LogP contribution in [0, 0.1) is 0 Å². The van der Waals surface area contributed by atoms with Crippen LogP contribution < -0.4 is 19.1 Å². The monoisotopic (exact) mass is 525 g/mol. The molecule has 0 bridgehead atoms. The summed E-state index contributed by atoms with van der Waals surface area (Å²) in [5, 5.41) is 0.0705. The highest BCUT2D eigenvalue weighted by Gasteiger charge is 2.36. The smallest absolute Gasteiger partial charge is 0.283 e. The Morgan fingerprint density at radius 2 is 1.76 bits per heavy atom.